The number of carbonyl (C=O) groups excluding carboxylic acids is 1. The minimum absolute atomic E-state index is 0. The molecule has 1 aliphatic heterocycles. The summed E-state index contributed by atoms with van der Waals surface area (Å²) in [6, 6.07) is 0.161. The van der Waals surface area contributed by atoms with Crippen molar-refractivity contribution in [3.63, 3.8) is 0 Å². The van der Waals surface area contributed by atoms with Crippen LogP contribution in [0.4, 0.5) is 0 Å². The minimum atomic E-state index is 0. The van der Waals surface area contributed by atoms with Gasteiger partial charge in [0.05, 0.1) is 0 Å². The van der Waals surface area contributed by atoms with Crippen LogP contribution in [0, 0.1) is 11.8 Å². The fourth-order valence-electron chi connectivity index (χ4n) is 2.00. The van der Waals surface area contributed by atoms with Crippen molar-refractivity contribution < 1.29 is 9.53 Å². The molecule has 0 aromatic heterocycles. The highest BCUT2D eigenvalue weighted by molar-refractivity contribution is 5.85. The van der Waals surface area contributed by atoms with Crippen LogP contribution in [0.3, 0.4) is 0 Å². The molecule has 2 rings (SSSR count). The second-order valence-corrected chi connectivity index (χ2v) is 4.74. The van der Waals surface area contributed by atoms with Crippen LogP contribution in [-0.2, 0) is 9.53 Å². The number of ether oxygens (including phenoxy) is 1. The fraction of sp³-hybridized carbons (Fsp3) is 0.909. The van der Waals surface area contributed by atoms with Crippen molar-refractivity contribution in [1.29, 1.82) is 0 Å². The first-order valence-corrected chi connectivity index (χ1v) is 5.85. The van der Waals surface area contributed by atoms with Gasteiger partial charge in [0.15, 0.2) is 0 Å². The molecule has 0 aromatic rings. The van der Waals surface area contributed by atoms with Crippen molar-refractivity contribution >= 4 is 18.3 Å². The van der Waals surface area contributed by atoms with Crippen LogP contribution in [0.5, 0.6) is 0 Å². The van der Waals surface area contributed by atoms with Crippen LogP contribution in [0.2, 0.25) is 0 Å². The zero-order valence-electron chi connectivity index (χ0n) is 9.48. The lowest BCUT2D eigenvalue weighted by molar-refractivity contribution is -0.122. The highest BCUT2D eigenvalue weighted by Gasteiger charge is 2.28. The quantitative estimate of drug-likeness (QED) is 0.753. The largest absolute Gasteiger partial charge is 0.381 e. The number of rotatable bonds is 5. The molecule has 0 aromatic carbocycles. The van der Waals surface area contributed by atoms with E-state index in [0.717, 1.165) is 19.6 Å². The molecule has 1 saturated heterocycles. The summed E-state index contributed by atoms with van der Waals surface area (Å²) in [6.07, 6.45) is 4.07. The second-order valence-electron chi connectivity index (χ2n) is 4.74. The highest BCUT2D eigenvalue weighted by Crippen LogP contribution is 2.31. The van der Waals surface area contributed by atoms with Gasteiger partial charge in [-0.15, -0.1) is 12.4 Å². The zero-order chi connectivity index (χ0) is 10.7. The van der Waals surface area contributed by atoms with E-state index in [4.69, 9.17) is 10.5 Å². The molecule has 0 radical (unpaired) electrons. The maximum atomic E-state index is 11.5. The summed E-state index contributed by atoms with van der Waals surface area (Å²) < 4.78 is 5.23. The Bertz CT molecular complexity index is 228. The van der Waals surface area contributed by atoms with Crippen LogP contribution in [-0.4, -0.2) is 31.7 Å². The van der Waals surface area contributed by atoms with Crippen LogP contribution in [0.1, 0.15) is 25.7 Å². The van der Waals surface area contributed by atoms with Crippen LogP contribution < -0.4 is 11.1 Å². The Morgan fingerprint density at radius 1 is 1.44 bits per heavy atom. The Labute approximate surface area is 103 Å². The van der Waals surface area contributed by atoms with Crippen molar-refractivity contribution in [3.8, 4) is 0 Å². The summed E-state index contributed by atoms with van der Waals surface area (Å²) in [5.41, 5.74) is 5.90. The smallest absolute Gasteiger partial charge is 0.220 e. The second kappa shape index (κ2) is 6.42. The Balaban J connectivity index is 0.00000128. The summed E-state index contributed by atoms with van der Waals surface area (Å²) in [5, 5.41) is 2.91. The number of hydrogen-bond donors (Lipinski definition) is 2. The number of halogens is 1. The van der Waals surface area contributed by atoms with Crippen molar-refractivity contribution in [2.75, 3.05) is 19.8 Å². The molecule has 2 fully saturated rings. The van der Waals surface area contributed by atoms with E-state index in [1.165, 1.54) is 12.8 Å². The van der Waals surface area contributed by atoms with E-state index in [2.05, 4.69) is 5.32 Å². The van der Waals surface area contributed by atoms with Gasteiger partial charge in [-0.25, -0.2) is 0 Å². The van der Waals surface area contributed by atoms with E-state index < -0.39 is 0 Å². The van der Waals surface area contributed by atoms with Crippen molar-refractivity contribution in [3.05, 3.63) is 0 Å². The molecule has 5 heteroatoms. The van der Waals surface area contributed by atoms with E-state index in [1.807, 2.05) is 0 Å². The predicted octanol–water partition coefficient (Wildman–Crippen LogP) is 0.688. The first-order valence-electron chi connectivity index (χ1n) is 5.85. The van der Waals surface area contributed by atoms with Gasteiger partial charge in [-0.2, -0.15) is 0 Å². The predicted molar refractivity (Wildman–Crippen MR) is 64.5 cm³/mol. The van der Waals surface area contributed by atoms with Crippen LogP contribution in [0.25, 0.3) is 0 Å². The number of nitrogens with two attached hydrogens (primary N) is 1. The first-order chi connectivity index (χ1) is 7.25. The average Bonchev–Trinajstić information content (AvgIpc) is 2.95. The third-order valence-electron chi connectivity index (χ3n) is 3.26. The maximum Gasteiger partial charge on any atom is 0.220 e. The van der Waals surface area contributed by atoms with Gasteiger partial charge in [0.25, 0.3) is 0 Å². The Hall–Kier alpha value is -0.320. The van der Waals surface area contributed by atoms with Crippen molar-refractivity contribution in [2.24, 2.45) is 17.6 Å². The summed E-state index contributed by atoms with van der Waals surface area (Å²) in [6.45, 7) is 2.18. The SMILES string of the molecule is Cl.NC(CNC(=O)CC1CCOC1)C1CC1. The summed E-state index contributed by atoms with van der Waals surface area (Å²) in [5.74, 6) is 1.20. The normalized spacial score (nSPS) is 25.9. The molecule has 3 N–H and O–H groups in total. The van der Waals surface area contributed by atoms with Gasteiger partial charge in [-0.3, -0.25) is 4.79 Å². The number of amides is 1. The van der Waals surface area contributed by atoms with E-state index in [9.17, 15) is 4.79 Å². The summed E-state index contributed by atoms with van der Waals surface area (Å²) in [7, 11) is 0. The standard InChI is InChI=1S/C11H20N2O2.ClH/c12-10(9-1-2-9)6-13-11(14)5-8-3-4-15-7-8;/h8-10H,1-7,12H2,(H,13,14);1H. The molecule has 1 amide bonds. The molecule has 16 heavy (non-hydrogen) atoms. The van der Waals surface area contributed by atoms with Gasteiger partial charge in [0, 0.05) is 32.2 Å². The van der Waals surface area contributed by atoms with Crippen molar-refractivity contribution in [2.45, 2.75) is 31.7 Å². The molecule has 1 saturated carbocycles. The van der Waals surface area contributed by atoms with Gasteiger partial charge < -0.3 is 15.8 Å². The lowest BCUT2D eigenvalue weighted by Gasteiger charge is -2.12. The molecule has 94 valence electrons. The molecule has 2 unspecified atom stereocenters. The van der Waals surface area contributed by atoms with E-state index in [0.29, 0.717) is 24.8 Å². The van der Waals surface area contributed by atoms with Crippen LogP contribution >= 0.6 is 12.4 Å². The van der Waals surface area contributed by atoms with E-state index in [-0.39, 0.29) is 24.4 Å². The van der Waals surface area contributed by atoms with Gasteiger partial charge in [0.1, 0.15) is 0 Å². The molecule has 2 aliphatic rings. The zero-order valence-corrected chi connectivity index (χ0v) is 10.3. The first kappa shape index (κ1) is 13.7. The number of nitrogens with one attached hydrogen (secondary N) is 1. The molecule has 0 spiro atoms. The average molecular weight is 249 g/mol. The monoisotopic (exact) mass is 248 g/mol. The van der Waals surface area contributed by atoms with Gasteiger partial charge in [-0.1, -0.05) is 0 Å². The molecule has 1 heterocycles. The van der Waals surface area contributed by atoms with Gasteiger partial charge >= 0.3 is 0 Å². The number of carbonyl (C=O) groups is 1. The van der Waals surface area contributed by atoms with Crippen LogP contribution in [0.15, 0.2) is 0 Å². The molecular weight excluding hydrogens is 228 g/mol. The topological polar surface area (TPSA) is 64.3 Å². The van der Waals surface area contributed by atoms with Gasteiger partial charge in [0.2, 0.25) is 5.91 Å². The molecular formula is C11H21ClN2O2. The Morgan fingerprint density at radius 3 is 2.75 bits per heavy atom. The van der Waals surface area contributed by atoms with Gasteiger partial charge in [-0.05, 0) is 31.1 Å². The lowest BCUT2D eigenvalue weighted by Crippen LogP contribution is -2.39. The summed E-state index contributed by atoms with van der Waals surface area (Å²) >= 11 is 0. The van der Waals surface area contributed by atoms with Crippen molar-refractivity contribution in [1.82, 2.24) is 5.32 Å². The third kappa shape index (κ3) is 4.28. The minimum Gasteiger partial charge on any atom is -0.381 e. The van der Waals surface area contributed by atoms with E-state index >= 15 is 0 Å². The third-order valence-corrected chi connectivity index (χ3v) is 3.26. The molecule has 1 aliphatic carbocycles. The fourth-order valence-corrected chi connectivity index (χ4v) is 2.00. The number of hydrogen-bond acceptors (Lipinski definition) is 3. The molecule has 0 bridgehead atoms. The highest BCUT2D eigenvalue weighted by atomic mass is 35.5. The molecule has 2 atom stereocenters. The lowest BCUT2D eigenvalue weighted by atomic mass is 10.0. The summed E-state index contributed by atoms with van der Waals surface area (Å²) in [4.78, 5) is 11.5. The Morgan fingerprint density at radius 2 is 2.19 bits per heavy atom. The maximum absolute atomic E-state index is 11.5. The Kier molecular flexibility index (Phi) is 5.52. The van der Waals surface area contributed by atoms with E-state index in [1.54, 1.807) is 0 Å². The molecule has 4 nitrogen and oxygen atoms in total.